The molecule has 0 spiro atoms. The molecule has 0 aromatic carbocycles. The Bertz CT molecular complexity index is 561. The van der Waals surface area contributed by atoms with Crippen LogP contribution in [-0.2, 0) is 0 Å². The number of hydrogen-bond acceptors (Lipinski definition) is 6. The van der Waals surface area contributed by atoms with Crippen molar-refractivity contribution in [1.82, 2.24) is 4.90 Å². The third-order valence-corrected chi connectivity index (χ3v) is 4.99. The Morgan fingerprint density at radius 2 is 2.27 bits per heavy atom. The number of hydrogen-bond donors (Lipinski definition) is 2. The molecule has 0 aliphatic carbocycles. The summed E-state index contributed by atoms with van der Waals surface area (Å²) in [5.74, 6) is 0. The van der Waals surface area contributed by atoms with Crippen molar-refractivity contribution in [2.45, 2.75) is 31.7 Å². The van der Waals surface area contributed by atoms with Crippen molar-refractivity contribution >= 4 is 24.2 Å². The molecule has 1 saturated heterocycles. The van der Waals surface area contributed by atoms with Crippen molar-refractivity contribution in [2.75, 3.05) is 19.3 Å². The van der Waals surface area contributed by atoms with Crippen molar-refractivity contribution in [3.63, 3.8) is 0 Å². The number of rotatable bonds is 3. The fourth-order valence-electron chi connectivity index (χ4n) is 2.82. The van der Waals surface area contributed by atoms with Gasteiger partial charge in [0.05, 0.1) is 17.5 Å². The van der Waals surface area contributed by atoms with Gasteiger partial charge in [0.2, 0.25) is 0 Å². The summed E-state index contributed by atoms with van der Waals surface area (Å²) in [6.45, 7) is 8.19. The van der Waals surface area contributed by atoms with E-state index in [-0.39, 0.29) is 5.54 Å². The molecule has 0 aromatic rings. The van der Waals surface area contributed by atoms with Crippen LogP contribution in [-0.4, -0.2) is 42.2 Å². The SMILES string of the molecule is C=C1C(N2CCCC(N)(CC)C2)=C/C=N\N=CC1=C(N)SC. The van der Waals surface area contributed by atoms with Gasteiger partial charge in [-0.05, 0) is 31.6 Å². The van der Waals surface area contributed by atoms with Crippen molar-refractivity contribution < 1.29 is 0 Å². The highest BCUT2D eigenvalue weighted by atomic mass is 32.2. The maximum absolute atomic E-state index is 6.49. The van der Waals surface area contributed by atoms with Crippen LogP contribution in [0.4, 0.5) is 0 Å². The molecule has 0 bridgehead atoms. The Hall–Kier alpha value is -1.53. The second-order valence-corrected chi connectivity index (χ2v) is 6.61. The number of piperidine rings is 1. The normalized spacial score (nSPS) is 29.7. The van der Waals surface area contributed by atoms with Crippen molar-refractivity contribution in [3.05, 3.63) is 34.5 Å². The van der Waals surface area contributed by atoms with E-state index in [1.165, 1.54) is 11.8 Å². The Kier molecular flexibility index (Phi) is 5.47. The second kappa shape index (κ2) is 7.15. The maximum Gasteiger partial charge on any atom is 0.0749 e. The number of nitrogens with zero attached hydrogens (tertiary/aromatic N) is 3. The molecular formula is C16H25N5S. The van der Waals surface area contributed by atoms with Gasteiger partial charge in [0.15, 0.2) is 0 Å². The van der Waals surface area contributed by atoms with E-state index in [0.29, 0.717) is 5.03 Å². The van der Waals surface area contributed by atoms with Crippen LogP contribution in [0.3, 0.4) is 0 Å². The molecule has 4 N–H and O–H groups in total. The van der Waals surface area contributed by atoms with Gasteiger partial charge in [-0.25, -0.2) is 0 Å². The molecule has 6 heteroatoms. The zero-order valence-electron chi connectivity index (χ0n) is 13.4. The van der Waals surface area contributed by atoms with E-state index in [9.17, 15) is 0 Å². The second-order valence-electron chi connectivity index (χ2n) is 5.76. The van der Waals surface area contributed by atoms with Gasteiger partial charge >= 0.3 is 0 Å². The predicted molar refractivity (Wildman–Crippen MR) is 97.0 cm³/mol. The Morgan fingerprint density at radius 3 is 2.95 bits per heavy atom. The molecular weight excluding hydrogens is 294 g/mol. The fourth-order valence-corrected chi connectivity index (χ4v) is 3.22. The molecule has 0 saturated carbocycles. The molecule has 1 atom stereocenters. The topological polar surface area (TPSA) is 80.0 Å². The van der Waals surface area contributed by atoms with Gasteiger partial charge in [-0.2, -0.15) is 10.2 Å². The average molecular weight is 319 g/mol. The molecule has 1 unspecified atom stereocenters. The lowest BCUT2D eigenvalue weighted by molar-refractivity contribution is 0.184. The summed E-state index contributed by atoms with van der Waals surface area (Å²) >= 11 is 1.49. The first-order valence-electron chi connectivity index (χ1n) is 7.54. The molecule has 2 heterocycles. The third-order valence-electron chi connectivity index (χ3n) is 4.33. The smallest absolute Gasteiger partial charge is 0.0749 e. The molecule has 0 radical (unpaired) electrons. The van der Waals surface area contributed by atoms with Crippen LogP contribution in [0.15, 0.2) is 44.7 Å². The van der Waals surface area contributed by atoms with Gasteiger partial charge in [0.1, 0.15) is 0 Å². The van der Waals surface area contributed by atoms with E-state index in [4.69, 9.17) is 11.5 Å². The summed E-state index contributed by atoms with van der Waals surface area (Å²) in [7, 11) is 0. The lowest BCUT2D eigenvalue weighted by atomic mass is 9.86. The van der Waals surface area contributed by atoms with Crippen LogP contribution in [0, 0.1) is 0 Å². The zero-order chi connectivity index (χ0) is 16.2. The number of likely N-dealkylation sites (tertiary alicyclic amines) is 1. The molecule has 0 amide bonds. The van der Waals surface area contributed by atoms with Crippen LogP contribution in [0.1, 0.15) is 26.2 Å². The molecule has 5 nitrogen and oxygen atoms in total. The van der Waals surface area contributed by atoms with Gasteiger partial charge in [0, 0.05) is 35.5 Å². The van der Waals surface area contributed by atoms with Crippen LogP contribution in [0.25, 0.3) is 0 Å². The van der Waals surface area contributed by atoms with E-state index in [2.05, 4.69) is 28.6 Å². The van der Waals surface area contributed by atoms with Crippen LogP contribution >= 0.6 is 11.8 Å². The highest BCUT2D eigenvalue weighted by Crippen LogP contribution is 2.30. The third kappa shape index (κ3) is 3.62. The first kappa shape index (κ1) is 16.8. The summed E-state index contributed by atoms with van der Waals surface area (Å²) < 4.78 is 0. The first-order valence-corrected chi connectivity index (χ1v) is 8.77. The minimum Gasteiger partial charge on any atom is -0.393 e. The summed E-state index contributed by atoms with van der Waals surface area (Å²) in [6.07, 6.45) is 10.4. The summed E-state index contributed by atoms with van der Waals surface area (Å²) in [5, 5.41) is 8.70. The van der Waals surface area contributed by atoms with Crippen molar-refractivity contribution in [1.29, 1.82) is 0 Å². The molecule has 2 rings (SSSR count). The molecule has 0 aromatic heterocycles. The predicted octanol–water partition coefficient (Wildman–Crippen LogP) is 2.23. The Labute approximate surface area is 136 Å². The van der Waals surface area contributed by atoms with E-state index in [0.717, 1.165) is 49.2 Å². The lowest BCUT2D eigenvalue weighted by Crippen LogP contribution is -2.53. The number of thioether (sulfide) groups is 1. The number of nitrogens with two attached hydrogens (primary N) is 2. The maximum atomic E-state index is 6.49. The fraction of sp³-hybridized carbons (Fsp3) is 0.500. The molecule has 2 aliphatic heterocycles. The molecule has 1 fully saturated rings. The summed E-state index contributed by atoms with van der Waals surface area (Å²) in [5.41, 5.74) is 15.2. The van der Waals surface area contributed by atoms with Crippen LogP contribution in [0.2, 0.25) is 0 Å². The first-order chi connectivity index (χ1) is 10.5. The molecule has 120 valence electrons. The largest absolute Gasteiger partial charge is 0.393 e. The molecule has 2 aliphatic rings. The summed E-state index contributed by atoms with van der Waals surface area (Å²) in [6, 6.07) is 0. The molecule has 22 heavy (non-hydrogen) atoms. The Balaban J connectivity index is 2.34. The van der Waals surface area contributed by atoms with Crippen molar-refractivity contribution in [3.8, 4) is 0 Å². The van der Waals surface area contributed by atoms with Crippen molar-refractivity contribution in [2.24, 2.45) is 21.7 Å². The average Bonchev–Trinajstić information content (AvgIpc) is 2.51. The van der Waals surface area contributed by atoms with E-state index in [1.54, 1.807) is 12.4 Å². The van der Waals surface area contributed by atoms with Gasteiger partial charge in [-0.15, -0.1) is 11.8 Å². The Morgan fingerprint density at radius 1 is 1.50 bits per heavy atom. The van der Waals surface area contributed by atoms with E-state index >= 15 is 0 Å². The van der Waals surface area contributed by atoms with E-state index in [1.807, 2.05) is 12.3 Å². The van der Waals surface area contributed by atoms with Gasteiger partial charge in [-0.1, -0.05) is 13.5 Å². The minimum absolute atomic E-state index is 0.137. The van der Waals surface area contributed by atoms with Gasteiger partial charge < -0.3 is 16.4 Å². The minimum atomic E-state index is -0.137. The van der Waals surface area contributed by atoms with Gasteiger partial charge in [0.25, 0.3) is 0 Å². The van der Waals surface area contributed by atoms with Crippen LogP contribution in [0.5, 0.6) is 0 Å². The van der Waals surface area contributed by atoms with E-state index < -0.39 is 0 Å². The highest BCUT2D eigenvalue weighted by molar-refractivity contribution is 8.02. The highest BCUT2D eigenvalue weighted by Gasteiger charge is 2.31. The van der Waals surface area contributed by atoms with Gasteiger partial charge in [-0.3, -0.25) is 0 Å². The number of allylic oxidation sites excluding steroid dienone is 2. The monoisotopic (exact) mass is 319 g/mol. The quantitative estimate of drug-likeness (QED) is 0.836. The summed E-state index contributed by atoms with van der Waals surface area (Å²) in [4.78, 5) is 2.30. The lowest BCUT2D eigenvalue weighted by Gasteiger charge is -2.42. The standard InChI is InChI=1S/C16H25N5S/c1-4-16(18)7-5-9-21(11-16)14-6-8-19-20-10-13(12(14)2)15(17)22-3/h6,8,10H,2,4-5,7,9,11,17-18H2,1,3H3/b14-6?,15-13?,19-8-,20-10?. The van der Waals surface area contributed by atoms with Crippen LogP contribution < -0.4 is 11.5 Å². The zero-order valence-corrected chi connectivity index (χ0v) is 14.2.